The smallest absolute Gasteiger partial charge is 0.251 e. The molecular formula is C10H16N4O2. The third-order valence-electron chi connectivity index (χ3n) is 2.12. The van der Waals surface area contributed by atoms with E-state index < -0.39 is 0 Å². The molecule has 0 saturated heterocycles. The summed E-state index contributed by atoms with van der Waals surface area (Å²) in [7, 11) is 1.60. The molecule has 0 aliphatic rings. The number of ether oxygens (including phenoxy) is 1. The lowest BCUT2D eigenvalue weighted by molar-refractivity contribution is 0.0870. The number of aromatic nitrogens is 1. The molecular weight excluding hydrogens is 208 g/mol. The molecule has 0 radical (unpaired) electrons. The Bertz CT molecular complexity index is 356. The van der Waals surface area contributed by atoms with Gasteiger partial charge in [0.15, 0.2) is 0 Å². The summed E-state index contributed by atoms with van der Waals surface area (Å²) >= 11 is 0. The molecule has 1 amide bonds. The molecule has 1 atom stereocenters. The Morgan fingerprint density at radius 1 is 1.69 bits per heavy atom. The highest BCUT2D eigenvalue weighted by Gasteiger charge is 2.07. The summed E-state index contributed by atoms with van der Waals surface area (Å²) < 4.78 is 5.02. The lowest BCUT2D eigenvalue weighted by atomic mass is 10.2. The zero-order chi connectivity index (χ0) is 12.0. The number of amides is 1. The zero-order valence-corrected chi connectivity index (χ0v) is 9.36. The molecule has 0 saturated carbocycles. The van der Waals surface area contributed by atoms with Crippen molar-refractivity contribution in [3.63, 3.8) is 0 Å². The van der Waals surface area contributed by atoms with E-state index in [0.29, 0.717) is 17.9 Å². The van der Waals surface area contributed by atoms with Gasteiger partial charge in [-0.05, 0) is 19.1 Å². The molecule has 6 nitrogen and oxygen atoms in total. The van der Waals surface area contributed by atoms with Crippen molar-refractivity contribution in [2.45, 2.75) is 13.0 Å². The number of hydrogen-bond acceptors (Lipinski definition) is 5. The van der Waals surface area contributed by atoms with Crippen LogP contribution in [-0.2, 0) is 4.74 Å². The number of methoxy groups -OCH3 is 1. The fraction of sp³-hybridized carbons (Fsp3) is 0.400. The van der Waals surface area contributed by atoms with E-state index >= 15 is 0 Å². The number of nitrogens with two attached hydrogens (primary N) is 1. The number of rotatable bonds is 5. The van der Waals surface area contributed by atoms with Crippen LogP contribution in [0.4, 0.5) is 5.82 Å². The monoisotopic (exact) mass is 224 g/mol. The van der Waals surface area contributed by atoms with Gasteiger partial charge in [0.05, 0.1) is 6.10 Å². The predicted molar refractivity (Wildman–Crippen MR) is 60.9 cm³/mol. The number of nitrogen functional groups attached to an aromatic ring is 1. The summed E-state index contributed by atoms with van der Waals surface area (Å²) in [6.45, 7) is 2.34. The Labute approximate surface area is 94.2 Å². The molecule has 1 rings (SSSR count). The minimum atomic E-state index is -0.178. The van der Waals surface area contributed by atoms with E-state index in [2.05, 4.69) is 15.7 Å². The lowest BCUT2D eigenvalue weighted by Gasteiger charge is -2.10. The number of hydrogen-bond donors (Lipinski definition) is 3. The van der Waals surface area contributed by atoms with Crippen molar-refractivity contribution in [1.82, 2.24) is 10.3 Å². The Balaban J connectivity index is 2.58. The number of hydrazine groups is 1. The molecule has 0 fully saturated rings. The third-order valence-corrected chi connectivity index (χ3v) is 2.12. The number of anilines is 1. The van der Waals surface area contributed by atoms with Crippen LogP contribution in [0.5, 0.6) is 0 Å². The second-order valence-corrected chi connectivity index (χ2v) is 3.33. The minimum absolute atomic E-state index is 0.0158. The highest BCUT2D eigenvalue weighted by Crippen LogP contribution is 2.04. The number of carbonyl (C=O) groups is 1. The van der Waals surface area contributed by atoms with E-state index in [1.54, 1.807) is 19.2 Å². The number of nitrogens with one attached hydrogen (secondary N) is 2. The largest absolute Gasteiger partial charge is 0.380 e. The molecule has 0 aliphatic carbocycles. The molecule has 0 bridgehead atoms. The van der Waals surface area contributed by atoms with Crippen LogP contribution in [-0.4, -0.2) is 30.6 Å². The van der Waals surface area contributed by atoms with E-state index in [-0.39, 0.29) is 12.0 Å². The van der Waals surface area contributed by atoms with Crippen molar-refractivity contribution in [3.05, 3.63) is 23.9 Å². The first-order chi connectivity index (χ1) is 7.67. The standard InChI is InChI=1S/C10H16N4O2/c1-7(16-2)6-13-10(15)8-3-4-12-9(5-8)14-11/h3-5,7H,6,11H2,1-2H3,(H,12,14)(H,13,15). The highest BCUT2D eigenvalue weighted by molar-refractivity contribution is 5.94. The van der Waals surface area contributed by atoms with Crippen LogP contribution >= 0.6 is 0 Å². The highest BCUT2D eigenvalue weighted by atomic mass is 16.5. The predicted octanol–water partition coefficient (Wildman–Crippen LogP) is 0.132. The van der Waals surface area contributed by atoms with Gasteiger partial charge in [-0.25, -0.2) is 10.8 Å². The Morgan fingerprint density at radius 3 is 3.06 bits per heavy atom. The quantitative estimate of drug-likeness (QED) is 0.488. The van der Waals surface area contributed by atoms with E-state index in [0.717, 1.165) is 0 Å². The van der Waals surface area contributed by atoms with Gasteiger partial charge in [-0.1, -0.05) is 0 Å². The van der Waals surface area contributed by atoms with Gasteiger partial charge in [0.25, 0.3) is 5.91 Å². The van der Waals surface area contributed by atoms with Gasteiger partial charge in [-0.3, -0.25) is 4.79 Å². The van der Waals surface area contributed by atoms with Gasteiger partial charge in [0.1, 0.15) is 5.82 Å². The fourth-order valence-electron chi connectivity index (χ4n) is 1.07. The van der Waals surface area contributed by atoms with Crippen LogP contribution in [0.3, 0.4) is 0 Å². The van der Waals surface area contributed by atoms with Crippen LogP contribution < -0.4 is 16.6 Å². The van der Waals surface area contributed by atoms with Crippen molar-refractivity contribution >= 4 is 11.7 Å². The first-order valence-electron chi connectivity index (χ1n) is 4.91. The molecule has 0 spiro atoms. The lowest BCUT2D eigenvalue weighted by Crippen LogP contribution is -2.31. The second-order valence-electron chi connectivity index (χ2n) is 3.33. The molecule has 1 heterocycles. The van der Waals surface area contributed by atoms with Crippen LogP contribution in [0, 0.1) is 0 Å². The van der Waals surface area contributed by atoms with Crippen molar-refractivity contribution in [2.24, 2.45) is 5.84 Å². The summed E-state index contributed by atoms with van der Waals surface area (Å²) in [5, 5.41) is 2.74. The topological polar surface area (TPSA) is 89.3 Å². The number of nitrogens with zero attached hydrogens (tertiary/aromatic N) is 1. The second kappa shape index (κ2) is 6.04. The van der Waals surface area contributed by atoms with Crippen molar-refractivity contribution < 1.29 is 9.53 Å². The summed E-state index contributed by atoms with van der Waals surface area (Å²) in [6, 6.07) is 3.19. The van der Waals surface area contributed by atoms with Crippen LogP contribution in [0.25, 0.3) is 0 Å². The Kier molecular flexibility index (Phi) is 4.68. The van der Waals surface area contributed by atoms with Crippen LogP contribution in [0.2, 0.25) is 0 Å². The molecule has 4 N–H and O–H groups in total. The van der Waals surface area contributed by atoms with E-state index in [1.807, 2.05) is 6.92 Å². The number of pyridine rings is 1. The summed E-state index contributed by atoms with van der Waals surface area (Å²) in [5.41, 5.74) is 2.89. The van der Waals surface area contributed by atoms with Gasteiger partial charge < -0.3 is 15.5 Å². The molecule has 0 aliphatic heterocycles. The maximum Gasteiger partial charge on any atom is 0.251 e. The summed E-state index contributed by atoms with van der Waals surface area (Å²) in [5.74, 6) is 5.47. The van der Waals surface area contributed by atoms with E-state index in [4.69, 9.17) is 10.6 Å². The first kappa shape index (κ1) is 12.4. The number of carbonyl (C=O) groups excluding carboxylic acids is 1. The molecule has 1 aromatic heterocycles. The minimum Gasteiger partial charge on any atom is -0.380 e. The molecule has 1 aromatic rings. The van der Waals surface area contributed by atoms with Gasteiger partial charge in [-0.2, -0.15) is 0 Å². The maximum absolute atomic E-state index is 11.7. The average molecular weight is 224 g/mol. The first-order valence-corrected chi connectivity index (χ1v) is 4.91. The third kappa shape index (κ3) is 3.48. The van der Waals surface area contributed by atoms with Crippen molar-refractivity contribution in [3.8, 4) is 0 Å². The van der Waals surface area contributed by atoms with Crippen molar-refractivity contribution in [2.75, 3.05) is 19.1 Å². The fourth-order valence-corrected chi connectivity index (χ4v) is 1.07. The maximum atomic E-state index is 11.7. The van der Waals surface area contributed by atoms with Gasteiger partial charge in [0, 0.05) is 25.4 Å². The van der Waals surface area contributed by atoms with Crippen molar-refractivity contribution in [1.29, 1.82) is 0 Å². The van der Waals surface area contributed by atoms with Gasteiger partial charge in [0.2, 0.25) is 0 Å². The van der Waals surface area contributed by atoms with E-state index in [9.17, 15) is 4.79 Å². The normalized spacial score (nSPS) is 11.9. The van der Waals surface area contributed by atoms with Gasteiger partial charge >= 0.3 is 0 Å². The zero-order valence-electron chi connectivity index (χ0n) is 9.36. The van der Waals surface area contributed by atoms with Crippen LogP contribution in [0.1, 0.15) is 17.3 Å². The average Bonchev–Trinajstić information content (AvgIpc) is 2.35. The SMILES string of the molecule is COC(C)CNC(=O)c1ccnc(NN)c1. The summed E-state index contributed by atoms with van der Waals surface area (Å²) in [6.07, 6.45) is 1.50. The molecule has 0 aromatic carbocycles. The Morgan fingerprint density at radius 2 is 2.44 bits per heavy atom. The molecule has 1 unspecified atom stereocenters. The molecule has 88 valence electrons. The van der Waals surface area contributed by atoms with Crippen LogP contribution in [0.15, 0.2) is 18.3 Å². The molecule has 6 heteroatoms. The van der Waals surface area contributed by atoms with Gasteiger partial charge in [-0.15, -0.1) is 0 Å². The van der Waals surface area contributed by atoms with E-state index in [1.165, 1.54) is 6.20 Å². The summed E-state index contributed by atoms with van der Waals surface area (Å²) in [4.78, 5) is 15.6. The molecule has 16 heavy (non-hydrogen) atoms. The Hall–Kier alpha value is -1.66.